The molecule has 1 aromatic carbocycles. The number of nitrogen functional groups attached to an aromatic ring is 1. The Kier molecular flexibility index (Phi) is 5.25. The highest BCUT2D eigenvalue weighted by Gasteiger charge is 2.58. The number of alkyl halides is 2. The van der Waals surface area contributed by atoms with E-state index in [1.54, 1.807) is 31.2 Å². The van der Waals surface area contributed by atoms with E-state index in [9.17, 15) is 9.59 Å². The third-order valence-corrected chi connectivity index (χ3v) is 5.72. The number of rotatable bonds is 2. The second-order valence-corrected chi connectivity index (χ2v) is 7.85. The molecule has 0 bridgehead atoms. The molecule has 1 aromatic heterocycles. The van der Waals surface area contributed by atoms with Crippen LogP contribution in [-0.2, 0) is 15.1 Å². The van der Waals surface area contributed by atoms with Crippen LogP contribution in [0, 0.1) is 12.8 Å². The van der Waals surface area contributed by atoms with Gasteiger partial charge in [-0.25, -0.2) is 13.8 Å². The van der Waals surface area contributed by atoms with Gasteiger partial charge in [0.1, 0.15) is 11.4 Å². The minimum Gasteiger partial charge on any atom is -0.383 e. The van der Waals surface area contributed by atoms with Crippen LogP contribution in [0.2, 0.25) is 5.02 Å². The average Bonchev–Trinajstić information content (AvgIpc) is 2.65. The molecule has 2 amide bonds. The Morgan fingerprint density at radius 3 is 2.55 bits per heavy atom. The van der Waals surface area contributed by atoms with Crippen molar-refractivity contribution in [2.45, 2.75) is 31.7 Å². The SMILES string of the molecule is Cc1cc(C2(c3cccc(Cl)c3)CC(F)(F)C(C)CN2C(=O)C(N)=O)cnc1N. The predicted octanol–water partition coefficient (Wildman–Crippen LogP) is 2.86. The van der Waals surface area contributed by atoms with E-state index >= 15 is 8.78 Å². The largest absolute Gasteiger partial charge is 0.383 e. The molecule has 1 aliphatic heterocycles. The van der Waals surface area contributed by atoms with E-state index in [4.69, 9.17) is 23.1 Å². The Labute approximate surface area is 171 Å². The number of pyridine rings is 1. The van der Waals surface area contributed by atoms with Gasteiger partial charge >= 0.3 is 11.8 Å². The third kappa shape index (κ3) is 3.53. The molecular weight excluding hydrogens is 402 g/mol. The van der Waals surface area contributed by atoms with Crippen LogP contribution in [0.1, 0.15) is 30.0 Å². The van der Waals surface area contributed by atoms with Crippen LogP contribution in [0.5, 0.6) is 0 Å². The van der Waals surface area contributed by atoms with Gasteiger partial charge in [-0.3, -0.25) is 9.59 Å². The second kappa shape index (κ2) is 7.26. The normalized spacial score (nSPS) is 23.6. The van der Waals surface area contributed by atoms with Gasteiger partial charge in [0, 0.05) is 35.7 Å². The van der Waals surface area contributed by atoms with E-state index < -0.39 is 35.6 Å². The van der Waals surface area contributed by atoms with Crippen LogP contribution in [-0.4, -0.2) is 34.2 Å². The minimum atomic E-state index is -3.13. The molecule has 4 N–H and O–H groups in total. The quantitative estimate of drug-likeness (QED) is 0.726. The molecule has 1 aliphatic rings. The molecule has 2 aromatic rings. The number of aryl methyl sites for hydroxylation is 1. The number of benzene rings is 1. The Morgan fingerprint density at radius 1 is 1.28 bits per heavy atom. The first-order chi connectivity index (χ1) is 13.5. The summed E-state index contributed by atoms with van der Waals surface area (Å²) >= 11 is 6.14. The van der Waals surface area contributed by atoms with Gasteiger partial charge in [0.2, 0.25) is 0 Å². The number of amides is 2. The number of carbonyl (C=O) groups is 2. The number of halogens is 3. The summed E-state index contributed by atoms with van der Waals surface area (Å²) in [6.45, 7) is 2.64. The number of hydrogen-bond donors (Lipinski definition) is 2. The molecular formula is C20H21ClF2N4O2. The molecule has 0 radical (unpaired) electrons. The lowest BCUT2D eigenvalue weighted by molar-refractivity contribution is -0.169. The van der Waals surface area contributed by atoms with Gasteiger partial charge < -0.3 is 16.4 Å². The Bertz CT molecular complexity index is 985. The number of nitrogens with zero attached hydrogens (tertiary/aromatic N) is 2. The zero-order valence-electron chi connectivity index (χ0n) is 16.0. The van der Waals surface area contributed by atoms with Crippen LogP contribution in [0.25, 0.3) is 0 Å². The van der Waals surface area contributed by atoms with Gasteiger partial charge in [-0.2, -0.15) is 0 Å². The van der Waals surface area contributed by atoms with Crippen LogP contribution < -0.4 is 11.5 Å². The van der Waals surface area contributed by atoms with E-state index in [1.165, 1.54) is 19.2 Å². The second-order valence-electron chi connectivity index (χ2n) is 7.42. The Morgan fingerprint density at radius 2 is 1.97 bits per heavy atom. The minimum absolute atomic E-state index is 0.235. The monoisotopic (exact) mass is 422 g/mol. The molecule has 6 nitrogen and oxygen atoms in total. The zero-order chi connectivity index (χ0) is 21.6. The first-order valence-electron chi connectivity index (χ1n) is 8.97. The highest BCUT2D eigenvalue weighted by atomic mass is 35.5. The number of hydrogen-bond acceptors (Lipinski definition) is 4. The summed E-state index contributed by atoms with van der Waals surface area (Å²) in [5.41, 5.74) is 10.6. The molecule has 3 rings (SSSR count). The fourth-order valence-electron chi connectivity index (χ4n) is 3.80. The fraction of sp³-hybridized carbons (Fsp3) is 0.350. The van der Waals surface area contributed by atoms with Crippen molar-refractivity contribution >= 4 is 29.2 Å². The number of aromatic nitrogens is 1. The van der Waals surface area contributed by atoms with E-state index in [0.717, 1.165) is 4.90 Å². The lowest BCUT2D eigenvalue weighted by Crippen LogP contribution is -2.62. The predicted molar refractivity (Wildman–Crippen MR) is 105 cm³/mol. The lowest BCUT2D eigenvalue weighted by atomic mass is 9.71. The number of nitrogens with two attached hydrogens (primary N) is 2. The summed E-state index contributed by atoms with van der Waals surface area (Å²) < 4.78 is 30.1. The first kappa shape index (κ1) is 21.0. The maximum atomic E-state index is 15.1. The number of piperidine rings is 1. The van der Waals surface area contributed by atoms with Crippen LogP contribution in [0.3, 0.4) is 0 Å². The summed E-state index contributed by atoms with van der Waals surface area (Å²) in [6, 6.07) is 7.87. The molecule has 0 aliphatic carbocycles. The molecule has 2 heterocycles. The molecule has 2 atom stereocenters. The van der Waals surface area contributed by atoms with Crippen LogP contribution >= 0.6 is 11.6 Å². The molecule has 29 heavy (non-hydrogen) atoms. The average molecular weight is 423 g/mol. The van der Waals surface area contributed by atoms with Gasteiger partial charge in [0.05, 0.1) is 0 Å². The van der Waals surface area contributed by atoms with E-state index in [0.29, 0.717) is 21.7 Å². The van der Waals surface area contributed by atoms with Crippen molar-refractivity contribution in [1.82, 2.24) is 9.88 Å². The number of carbonyl (C=O) groups excluding carboxylic acids is 2. The number of likely N-dealkylation sites (tertiary alicyclic amines) is 1. The number of anilines is 1. The first-order valence-corrected chi connectivity index (χ1v) is 9.34. The van der Waals surface area contributed by atoms with E-state index in [1.807, 2.05) is 0 Å². The van der Waals surface area contributed by atoms with Crippen molar-refractivity contribution in [2.75, 3.05) is 12.3 Å². The van der Waals surface area contributed by atoms with Crippen molar-refractivity contribution in [3.63, 3.8) is 0 Å². The molecule has 9 heteroatoms. The van der Waals surface area contributed by atoms with Gasteiger partial charge in [0.15, 0.2) is 0 Å². The summed E-state index contributed by atoms with van der Waals surface area (Å²) in [5, 5.41) is 0.301. The summed E-state index contributed by atoms with van der Waals surface area (Å²) in [6.07, 6.45) is 0.585. The van der Waals surface area contributed by atoms with Crippen molar-refractivity contribution < 1.29 is 18.4 Å². The van der Waals surface area contributed by atoms with Crippen molar-refractivity contribution in [3.8, 4) is 0 Å². The van der Waals surface area contributed by atoms with Crippen molar-refractivity contribution in [1.29, 1.82) is 0 Å². The molecule has 0 saturated carbocycles. The maximum Gasteiger partial charge on any atom is 0.312 e. The molecule has 1 saturated heterocycles. The summed E-state index contributed by atoms with van der Waals surface area (Å²) in [7, 11) is 0. The van der Waals surface area contributed by atoms with Gasteiger partial charge in [-0.1, -0.05) is 30.7 Å². The van der Waals surface area contributed by atoms with E-state index in [2.05, 4.69) is 4.98 Å². The zero-order valence-corrected chi connectivity index (χ0v) is 16.7. The summed E-state index contributed by atoms with van der Waals surface area (Å²) in [5.74, 6) is -6.36. The van der Waals surface area contributed by atoms with Crippen LogP contribution in [0.4, 0.5) is 14.6 Å². The standard InChI is InChI=1S/C20H21ClF2N4O2/c1-11-6-14(8-26-16(11)24)19(13-4-3-5-15(21)7-13)10-20(22,23)12(2)9-27(19)18(29)17(25)28/h3-8,12H,9-10H2,1-2H3,(H2,24,26)(H2,25,28). The highest BCUT2D eigenvalue weighted by molar-refractivity contribution is 6.34. The maximum absolute atomic E-state index is 15.1. The smallest absolute Gasteiger partial charge is 0.312 e. The van der Waals surface area contributed by atoms with Crippen molar-refractivity contribution in [2.24, 2.45) is 11.7 Å². The van der Waals surface area contributed by atoms with Gasteiger partial charge in [-0.15, -0.1) is 0 Å². The third-order valence-electron chi connectivity index (χ3n) is 5.48. The Hall–Kier alpha value is -2.74. The summed E-state index contributed by atoms with van der Waals surface area (Å²) in [4.78, 5) is 29.8. The molecule has 0 spiro atoms. The van der Waals surface area contributed by atoms with Gasteiger partial charge in [-0.05, 0) is 36.2 Å². The molecule has 2 unspecified atom stereocenters. The Balaban J connectivity index is 2.37. The highest BCUT2D eigenvalue weighted by Crippen LogP contribution is 2.51. The van der Waals surface area contributed by atoms with E-state index in [-0.39, 0.29) is 12.4 Å². The van der Waals surface area contributed by atoms with Crippen LogP contribution in [0.15, 0.2) is 36.5 Å². The lowest BCUT2D eigenvalue weighted by Gasteiger charge is -2.52. The van der Waals surface area contributed by atoms with Gasteiger partial charge in [0.25, 0.3) is 5.92 Å². The fourth-order valence-corrected chi connectivity index (χ4v) is 3.99. The number of primary amides is 1. The topological polar surface area (TPSA) is 102 Å². The molecule has 1 fully saturated rings. The molecule has 154 valence electrons. The van der Waals surface area contributed by atoms with Crippen molar-refractivity contribution in [3.05, 3.63) is 58.2 Å².